The Morgan fingerprint density at radius 3 is 2.48 bits per heavy atom. The van der Waals surface area contributed by atoms with E-state index in [2.05, 4.69) is 0 Å². The van der Waals surface area contributed by atoms with Crippen molar-refractivity contribution in [1.82, 2.24) is 0 Å². The van der Waals surface area contributed by atoms with Crippen molar-refractivity contribution < 1.29 is 22.6 Å². The molecular formula is C19H18F3IO2. The summed E-state index contributed by atoms with van der Waals surface area (Å²) in [7, 11) is 0. The van der Waals surface area contributed by atoms with E-state index >= 15 is 0 Å². The predicted octanol–water partition coefficient (Wildman–Crippen LogP) is 6.70. The standard InChI is InChI=1S/C19H18F3IO2/c1-19(2,11-17(21)22)18(23)24-12-13-8-9-15(20)16(10-13)25-14-6-4-3-5-7-14/h3-11,18H,12H2,1-2H3. The first-order valence-electron chi connectivity index (χ1n) is 7.59. The molecule has 0 aliphatic rings. The fourth-order valence-corrected chi connectivity index (χ4v) is 2.42. The fraction of sp³-hybridized carbons (Fsp3) is 0.263. The van der Waals surface area contributed by atoms with Crippen LogP contribution >= 0.6 is 22.6 Å². The topological polar surface area (TPSA) is 18.5 Å². The predicted molar refractivity (Wildman–Crippen MR) is 99.6 cm³/mol. The van der Waals surface area contributed by atoms with Gasteiger partial charge in [0, 0.05) is 5.41 Å². The van der Waals surface area contributed by atoms with E-state index in [-0.39, 0.29) is 12.4 Å². The number of benzene rings is 2. The number of alkyl halides is 1. The lowest BCUT2D eigenvalue weighted by Crippen LogP contribution is -2.24. The van der Waals surface area contributed by atoms with Gasteiger partial charge in [-0.1, -0.05) is 60.7 Å². The van der Waals surface area contributed by atoms with Gasteiger partial charge >= 0.3 is 0 Å². The summed E-state index contributed by atoms with van der Waals surface area (Å²) >= 11 is 1.97. The van der Waals surface area contributed by atoms with Crippen LogP contribution in [0.1, 0.15) is 19.4 Å². The Hall–Kier alpha value is -1.54. The highest BCUT2D eigenvalue weighted by Gasteiger charge is 2.27. The quantitative estimate of drug-likeness (QED) is 0.337. The molecule has 134 valence electrons. The second-order valence-corrected chi connectivity index (χ2v) is 7.19. The third-order valence-electron chi connectivity index (χ3n) is 3.43. The smallest absolute Gasteiger partial charge is 0.267 e. The molecule has 0 aliphatic heterocycles. The molecule has 1 atom stereocenters. The third-order valence-corrected chi connectivity index (χ3v) is 5.39. The van der Waals surface area contributed by atoms with Crippen LogP contribution in [0.4, 0.5) is 13.2 Å². The van der Waals surface area contributed by atoms with Gasteiger partial charge in [0.05, 0.1) is 6.61 Å². The van der Waals surface area contributed by atoms with Gasteiger partial charge in [0.2, 0.25) is 0 Å². The molecule has 0 aliphatic carbocycles. The van der Waals surface area contributed by atoms with E-state index in [1.165, 1.54) is 6.07 Å². The van der Waals surface area contributed by atoms with E-state index in [9.17, 15) is 13.2 Å². The van der Waals surface area contributed by atoms with Crippen molar-refractivity contribution in [2.24, 2.45) is 5.41 Å². The molecule has 0 amide bonds. The first-order chi connectivity index (χ1) is 11.8. The van der Waals surface area contributed by atoms with Crippen molar-refractivity contribution in [2.75, 3.05) is 0 Å². The lowest BCUT2D eigenvalue weighted by molar-refractivity contribution is 0.0548. The molecule has 25 heavy (non-hydrogen) atoms. The van der Waals surface area contributed by atoms with Gasteiger partial charge in [-0.2, -0.15) is 8.78 Å². The minimum atomic E-state index is -1.74. The summed E-state index contributed by atoms with van der Waals surface area (Å²) in [6, 6.07) is 13.3. The van der Waals surface area contributed by atoms with Crippen LogP contribution in [-0.2, 0) is 11.3 Å². The molecule has 6 heteroatoms. The highest BCUT2D eigenvalue weighted by atomic mass is 127. The first-order valence-corrected chi connectivity index (χ1v) is 8.83. The number of hydrogen-bond donors (Lipinski definition) is 0. The van der Waals surface area contributed by atoms with Gasteiger partial charge in [0.1, 0.15) is 9.86 Å². The summed E-state index contributed by atoms with van der Waals surface area (Å²) in [5.41, 5.74) is -0.141. The number of halogens is 4. The molecule has 0 aromatic heterocycles. The molecular weight excluding hydrogens is 444 g/mol. The maximum atomic E-state index is 13.9. The average Bonchev–Trinajstić information content (AvgIpc) is 2.55. The molecule has 0 radical (unpaired) electrons. The summed E-state index contributed by atoms with van der Waals surface area (Å²) in [6.45, 7) is 3.49. The average molecular weight is 462 g/mol. The summed E-state index contributed by atoms with van der Waals surface area (Å²) in [6.07, 6.45) is -0.866. The second kappa shape index (κ2) is 8.71. The van der Waals surface area contributed by atoms with Gasteiger partial charge in [-0.15, -0.1) is 0 Å². The van der Waals surface area contributed by atoms with Crippen LogP contribution in [0.2, 0.25) is 0 Å². The normalized spacial score (nSPS) is 12.6. The van der Waals surface area contributed by atoms with Crippen LogP contribution < -0.4 is 4.74 Å². The van der Waals surface area contributed by atoms with Gasteiger partial charge in [0.15, 0.2) is 11.6 Å². The van der Waals surface area contributed by atoms with E-state index < -0.39 is 21.4 Å². The van der Waals surface area contributed by atoms with E-state index in [4.69, 9.17) is 9.47 Å². The fourth-order valence-electron chi connectivity index (χ4n) is 2.06. The van der Waals surface area contributed by atoms with Crippen LogP contribution in [0.25, 0.3) is 0 Å². The largest absolute Gasteiger partial charge is 0.454 e. The Morgan fingerprint density at radius 1 is 1.16 bits per heavy atom. The van der Waals surface area contributed by atoms with Crippen molar-refractivity contribution in [2.45, 2.75) is 24.6 Å². The minimum absolute atomic E-state index is 0.0891. The second-order valence-electron chi connectivity index (χ2n) is 6.06. The Balaban J connectivity index is 2.06. The summed E-state index contributed by atoms with van der Waals surface area (Å²) in [4.78, 5) is 0. The maximum absolute atomic E-state index is 13.9. The van der Waals surface area contributed by atoms with Crippen molar-refractivity contribution in [3.8, 4) is 11.5 Å². The highest BCUT2D eigenvalue weighted by Crippen LogP contribution is 2.33. The molecule has 2 rings (SSSR count). The van der Waals surface area contributed by atoms with Crippen molar-refractivity contribution in [1.29, 1.82) is 0 Å². The van der Waals surface area contributed by atoms with Gasteiger partial charge in [0.25, 0.3) is 6.08 Å². The number of para-hydroxylation sites is 1. The van der Waals surface area contributed by atoms with Crippen LogP contribution in [0.15, 0.2) is 60.7 Å². The first kappa shape index (κ1) is 19.8. The van der Waals surface area contributed by atoms with Crippen LogP contribution in [0.5, 0.6) is 11.5 Å². The van der Waals surface area contributed by atoms with Gasteiger partial charge in [-0.05, 0) is 35.9 Å². The molecule has 0 saturated heterocycles. The zero-order chi connectivity index (χ0) is 18.4. The summed E-state index contributed by atoms with van der Waals surface area (Å²) < 4.78 is 49.7. The molecule has 0 fully saturated rings. The Bertz CT molecular complexity index is 729. The molecule has 0 spiro atoms. The summed E-state index contributed by atoms with van der Waals surface area (Å²) in [5, 5.41) is 0. The lowest BCUT2D eigenvalue weighted by Gasteiger charge is -2.26. The third kappa shape index (κ3) is 6.04. The molecule has 0 saturated carbocycles. The molecule has 0 bridgehead atoms. The molecule has 0 heterocycles. The SMILES string of the molecule is CC(C)(C=C(F)F)C(I)OCc1ccc(F)c(Oc2ccccc2)c1. The lowest BCUT2D eigenvalue weighted by atomic mass is 9.95. The molecule has 2 nitrogen and oxygen atoms in total. The Kier molecular flexibility index (Phi) is 6.89. The molecule has 2 aromatic carbocycles. The zero-order valence-corrected chi connectivity index (χ0v) is 16.0. The van der Waals surface area contributed by atoms with Crippen LogP contribution in [0, 0.1) is 11.2 Å². The van der Waals surface area contributed by atoms with E-state index in [0.717, 1.165) is 6.08 Å². The Labute approximate surface area is 158 Å². The van der Waals surface area contributed by atoms with Crippen molar-refractivity contribution in [3.63, 3.8) is 0 Å². The highest BCUT2D eigenvalue weighted by molar-refractivity contribution is 14.1. The zero-order valence-electron chi connectivity index (χ0n) is 13.8. The van der Waals surface area contributed by atoms with E-state index in [0.29, 0.717) is 11.3 Å². The minimum Gasteiger partial charge on any atom is -0.454 e. The van der Waals surface area contributed by atoms with Crippen LogP contribution in [-0.4, -0.2) is 4.11 Å². The van der Waals surface area contributed by atoms with Gasteiger partial charge < -0.3 is 9.47 Å². The molecule has 0 N–H and O–H groups in total. The van der Waals surface area contributed by atoms with Crippen molar-refractivity contribution >= 4 is 22.6 Å². The monoisotopic (exact) mass is 462 g/mol. The summed E-state index contributed by atoms with van der Waals surface area (Å²) in [5.74, 6) is 0.128. The molecule has 2 aromatic rings. The van der Waals surface area contributed by atoms with Gasteiger partial charge in [-0.3, -0.25) is 0 Å². The van der Waals surface area contributed by atoms with Gasteiger partial charge in [-0.25, -0.2) is 4.39 Å². The number of hydrogen-bond acceptors (Lipinski definition) is 2. The van der Waals surface area contributed by atoms with Crippen molar-refractivity contribution in [3.05, 3.63) is 72.1 Å². The Morgan fingerprint density at radius 2 is 1.84 bits per heavy atom. The molecule has 1 unspecified atom stereocenters. The number of rotatable bonds is 7. The van der Waals surface area contributed by atoms with E-state index in [1.807, 2.05) is 28.7 Å². The van der Waals surface area contributed by atoms with Crippen LogP contribution in [0.3, 0.4) is 0 Å². The maximum Gasteiger partial charge on any atom is 0.267 e. The van der Waals surface area contributed by atoms with E-state index in [1.54, 1.807) is 50.2 Å². The number of ether oxygens (including phenoxy) is 2.